The lowest BCUT2D eigenvalue weighted by molar-refractivity contribution is 0.237. The molecule has 4 nitrogen and oxygen atoms in total. The van der Waals surface area contributed by atoms with Gasteiger partial charge in [0.25, 0.3) is 0 Å². The first-order valence-electron chi connectivity index (χ1n) is 8.11. The smallest absolute Gasteiger partial charge is 0.0868 e. The van der Waals surface area contributed by atoms with Crippen LogP contribution in [0.15, 0.2) is 48.5 Å². The number of anilines is 1. The van der Waals surface area contributed by atoms with Gasteiger partial charge in [-0.15, -0.1) is 5.53 Å². The van der Waals surface area contributed by atoms with E-state index in [9.17, 15) is 0 Å². The van der Waals surface area contributed by atoms with Gasteiger partial charge in [0.2, 0.25) is 0 Å². The molecule has 0 radical (unpaired) electrons. The highest BCUT2D eigenvalue weighted by atomic mass is 15.7. The molecule has 4 heteroatoms. The third-order valence-electron chi connectivity index (χ3n) is 4.56. The van der Waals surface area contributed by atoms with Crippen molar-refractivity contribution in [2.45, 2.75) is 26.4 Å². The van der Waals surface area contributed by atoms with Gasteiger partial charge in [-0.05, 0) is 25.5 Å². The van der Waals surface area contributed by atoms with E-state index >= 15 is 0 Å². The zero-order chi connectivity index (χ0) is 16.0. The molecule has 0 aromatic heterocycles. The second-order valence-corrected chi connectivity index (χ2v) is 6.45. The Morgan fingerprint density at radius 2 is 1.65 bits per heavy atom. The number of nitrogens with one attached hydrogen (secondary N) is 2. The van der Waals surface area contributed by atoms with Crippen LogP contribution in [0.5, 0.6) is 0 Å². The first-order chi connectivity index (χ1) is 11.2. The molecular weight excluding hydrogens is 284 g/mol. The standard InChI is InChI=1S/C19H22N4/c1-13(2)23-19-15-9-5-4-8-14(15)12-22(3)17-11-7-6-10-16(17)18(19)20-21-23/h4-11,13,20-21H,12H2,1-3H3. The highest BCUT2D eigenvalue weighted by Gasteiger charge is 2.31. The molecule has 2 heterocycles. The summed E-state index contributed by atoms with van der Waals surface area (Å²) in [6, 6.07) is 17.6. The fourth-order valence-corrected chi connectivity index (χ4v) is 3.45. The van der Waals surface area contributed by atoms with Crippen LogP contribution in [0.1, 0.15) is 30.5 Å². The predicted octanol–water partition coefficient (Wildman–Crippen LogP) is 3.20. The van der Waals surface area contributed by atoms with Crippen LogP contribution in [0.4, 0.5) is 5.69 Å². The van der Waals surface area contributed by atoms with E-state index in [0.717, 1.165) is 12.2 Å². The fourth-order valence-electron chi connectivity index (χ4n) is 3.45. The number of rotatable bonds is 1. The van der Waals surface area contributed by atoms with Crippen LogP contribution in [0.2, 0.25) is 0 Å². The minimum atomic E-state index is 0.354. The molecule has 0 saturated carbocycles. The molecule has 2 aliphatic rings. The highest BCUT2D eigenvalue weighted by molar-refractivity contribution is 5.95. The third kappa shape index (κ3) is 2.18. The summed E-state index contributed by atoms with van der Waals surface area (Å²) in [6.45, 7) is 5.30. The van der Waals surface area contributed by atoms with Crippen molar-refractivity contribution >= 4 is 17.1 Å². The van der Waals surface area contributed by atoms with E-state index in [4.69, 9.17) is 0 Å². The first kappa shape index (κ1) is 14.2. The Labute approximate surface area is 137 Å². The van der Waals surface area contributed by atoms with Gasteiger partial charge in [0.15, 0.2) is 0 Å². The molecule has 0 fully saturated rings. The zero-order valence-corrected chi connectivity index (χ0v) is 13.8. The third-order valence-corrected chi connectivity index (χ3v) is 4.56. The zero-order valence-electron chi connectivity index (χ0n) is 13.8. The van der Waals surface area contributed by atoms with Gasteiger partial charge in [-0.2, -0.15) is 0 Å². The van der Waals surface area contributed by atoms with Crippen LogP contribution in [0, 0.1) is 0 Å². The molecule has 2 aliphatic heterocycles. The normalized spacial score (nSPS) is 16.5. The van der Waals surface area contributed by atoms with Crippen LogP contribution >= 0.6 is 0 Å². The summed E-state index contributed by atoms with van der Waals surface area (Å²) in [5.41, 5.74) is 14.2. The van der Waals surface area contributed by atoms with Gasteiger partial charge in [-0.3, -0.25) is 5.01 Å². The van der Waals surface area contributed by atoms with E-state index in [-0.39, 0.29) is 0 Å². The SMILES string of the molecule is CC(C)N1NNC2=C1c1ccccc1CN(C)c1ccccc12. The lowest BCUT2D eigenvalue weighted by Gasteiger charge is -2.30. The Balaban J connectivity index is 2.03. The lowest BCUT2D eigenvalue weighted by Crippen LogP contribution is -2.41. The fraction of sp³-hybridized carbons (Fsp3) is 0.263. The van der Waals surface area contributed by atoms with E-state index < -0.39 is 0 Å². The van der Waals surface area contributed by atoms with Crippen LogP contribution < -0.4 is 15.9 Å². The van der Waals surface area contributed by atoms with Crippen molar-refractivity contribution in [3.05, 3.63) is 65.2 Å². The van der Waals surface area contributed by atoms with Crippen molar-refractivity contribution in [2.75, 3.05) is 11.9 Å². The minimum absolute atomic E-state index is 0.354. The molecule has 2 aromatic rings. The Bertz CT molecular complexity index is 778. The Morgan fingerprint density at radius 3 is 2.43 bits per heavy atom. The van der Waals surface area contributed by atoms with Gasteiger partial charge in [0, 0.05) is 36.4 Å². The van der Waals surface area contributed by atoms with Crippen LogP contribution in [-0.4, -0.2) is 18.1 Å². The van der Waals surface area contributed by atoms with Gasteiger partial charge in [0.1, 0.15) is 0 Å². The number of hydrogen-bond donors (Lipinski definition) is 2. The Hall–Kier alpha value is -2.46. The predicted molar refractivity (Wildman–Crippen MR) is 95.1 cm³/mol. The molecule has 4 rings (SSSR count). The van der Waals surface area contributed by atoms with E-state index in [1.165, 1.54) is 28.1 Å². The van der Waals surface area contributed by atoms with Gasteiger partial charge in [-0.25, -0.2) is 0 Å². The maximum atomic E-state index is 3.40. The monoisotopic (exact) mass is 306 g/mol. The number of nitrogens with zero attached hydrogens (tertiary/aromatic N) is 2. The van der Waals surface area contributed by atoms with Gasteiger partial charge >= 0.3 is 0 Å². The highest BCUT2D eigenvalue weighted by Crippen LogP contribution is 2.39. The molecule has 0 bridgehead atoms. The number of hydrogen-bond acceptors (Lipinski definition) is 4. The number of para-hydroxylation sites is 1. The van der Waals surface area contributed by atoms with E-state index in [0.29, 0.717) is 6.04 Å². The second kappa shape index (κ2) is 5.32. The molecule has 2 aromatic carbocycles. The maximum absolute atomic E-state index is 3.40. The van der Waals surface area contributed by atoms with Crippen molar-refractivity contribution in [2.24, 2.45) is 0 Å². The second-order valence-electron chi connectivity index (χ2n) is 6.45. The van der Waals surface area contributed by atoms with Crippen LogP contribution in [0.25, 0.3) is 11.4 Å². The first-order valence-corrected chi connectivity index (χ1v) is 8.11. The number of fused-ring (bicyclic) bond motifs is 4. The molecule has 118 valence electrons. The summed E-state index contributed by atoms with van der Waals surface area (Å²) < 4.78 is 0. The summed E-state index contributed by atoms with van der Waals surface area (Å²) in [5, 5.41) is 2.22. The Kier molecular flexibility index (Phi) is 3.27. The van der Waals surface area contributed by atoms with Gasteiger partial charge in [0.05, 0.1) is 11.4 Å². The molecule has 0 atom stereocenters. The van der Waals surface area contributed by atoms with Crippen LogP contribution in [-0.2, 0) is 6.54 Å². The summed E-state index contributed by atoms with van der Waals surface area (Å²) in [7, 11) is 2.16. The van der Waals surface area contributed by atoms with Crippen molar-refractivity contribution < 1.29 is 0 Å². The molecule has 2 N–H and O–H groups in total. The average molecular weight is 306 g/mol. The van der Waals surface area contributed by atoms with E-state index in [1.54, 1.807) is 0 Å². The Morgan fingerprint density at radius 1 is 0.957 bits per heavy atom. The van der Waals surface area contributed by atoms with Gasteiger partial charge < -0.3 is 10.3 Å². The number of benzene rings is 2. The van der Waals surface area contributed by atoms with Crippen molar-refractivity contribution in [3.63, 3.8) is 0 Å². The maximum Gasteiger partial charge on any atom is 0.0868 e. The molecule has 0 amide bonds. The molecule has 0 unspecified atom stereocenters. The summed E-state index contributed by atoms with van der Waals surface area (Å²) in [6.07, 6.45) is 0. The molecule has 0 spiro atoms. The number of hydrazine groups is 2. The van der Waals surface area contributed by atoms with E-state index in [1.807, 2.05) is 0 Å². The quantitative estimate of drug-likeness (QED) is 0.847. The average Bonchev–Trinajstić information content (AvgIpc) is 2.99. The molecule has 23 heavy (non-hydrogen) atoms. The largest absolute Gasteiger partial charge is 0.370 e. The molecular formula is C19H22N4. The van der Waals surface area contributed by atoms with Crippen molar-refractivity contribution in [1.82, 2.24) is 16.0 Å². The summed E-state index contributed by atoms with van der Waals surface area (Å²) in [4.78, 5) is 2.32. The lowest BCUT2D eigenvalue weighted by atomic mass is 9.96. The molecule has 0 saturated heterocycles. The van der Waals surface area contributed by atoms with Gasteiger partial charge in [-0.1, -0.05) is 42.5 Å². The summed E-state index contributed by atoms with van der Waals surface area (Å²) >= 11 is 0. The molecule has 0 aliphatic carbocycles. The topological polar surface area (TPSA) is 30.5 Å². The minimum Gasteiger partial charge on any atom is -0.370 e. The van der Waals surface area contributed by atoms with Crippen molar-refractivity contribution in [1.29, 1.82) is 0 Å². The van der Waals surface area contributed by atoms with Crippen LogP contribution in [0.3, 0.4) is 0 Å². The van der Waals surface area contributed by atoms with E-state index in [2.05, 4.69) is 90.3 Å². The van der Waals surface area contributed by atoms with Crippen molar-refractivity contribution in [3.8, 4) is 0 Å². The summed E-state index contributed by atoms with van der Waals surface area (Å²) in [5.74, 6) is 0.